The lowest BCUT2D eigenvalue weighted by molar-refractivity contribution is -0.0315. The van der Waals surface area contributed by atoms with E-state index in [1.807, 2.05) is 24.3 Å². The third-order valence-electron chi connectivity index (χ3n) is 3.51. The van der Waals surface area contributed by atoms with Crippen LogP contribution in [0.3, 0.4) is 0 Å². The van der Waals surface area contributed by atoms with Crippen molar-refractivity contribution in [3.63, 3.8) is 0 Å². The van der Waals surface area contributed by atoms with E-state index in [-0.39, 0.29) is 5.41 Å². The minimum atomic E-state index is 0.169. The highest BCUT2D eigenvalue weighted by molar-refractivity contribution is 7.80. The van der Waals surface area contributed by atoms with Gasteiger partial charge < -0.3 is 9.47 Å². The third-order valence-corrected chi connectivity index (χ3v) is 4.55. The minimum Gasteiger partial charge on any atom is -0.381 e. The van der Waals surface area contributed by atoms with Gasteiger partial charge in [0.05, 0.1) is 13.2 Å². The number of hydrogen-bond donors (Lipinski definition) is 1. The summed E-state index contributed by atoms with van der Waals surface area (Å²) in [5, 5.41) is 0.768. The van der Waals surface area contributed by atoms with Gasteiger partial charge in [0, 0.05) is 23.7 Å². The number of hydrogen-bond acceptors (Lipinski definition) is 3. The molecule has 0 amide bonds. The number of ether oxygens (including phenoxy) is 2. The number of benzene rings is 1. The average molecular weight is 287 g/mol. The van der Waals surface area contributed by atoms with E-state index in [0.29, 0.717) is 6.61 Å². The summed E-state index contributed by atoms with van der Waals surface area (Å²) in [6.45, 7) is 2.92. The number of thiol groups is 1. The van der Waals surface area contributed by atoms with Gasteiger partial charge >= 0.3 is 0 Å². The first-order valence-electron chi connectivity index (χ1n) is 6.26. The molecule has 0 saturated carbocycles. The Morgan fingerprint density at radius 2 is 2.00 bits per heavy atom. The lowest BCUT2D eigenvalue weighted by Crippen LogP contribution is -2.35. The highest BCUT2D eigenvalue weighted by atomic mass is 35.5. The van der Waals surface area contributed by atoms with Gasteiger partial charge in [0.1, 0.15) is 0 Å². The minimum absolute atomic E-state index is 0.169. The summed E-state index contributed by atoms with van der Waals surface area (Å²) in [4.78, 5) is 0. The first kappa shape index (κ1) is 14.2. The standard InChI is InChI=1S/C14H19ClO2S/c15-13-4-2-1-3-12(13)9-17-10-14(11-18)5-7-16-8-6-14/h1-4,18H,5-11H2. The molecule has 1 fully saturated rings. The fraction of sp³-hybridized carbons (Fsp3) is 0.571. The van der Waals surface area contributed by atoms with Crippen LogP contribution in [0.4, 0.5) is 0 Å². The summed E-state index contributed by atoms with van der Waals surface area (Å²) in [5.41, 5.74) is 1.21. The fourth-order valence-corrected chi connectivity index (χ4v) is 2.74. The Morgan fingerprint density at radius 1 is 1.28 bits per heavy atom. The second kappa shape index (κ2) is 6.80. The Labute approximate surface area is 119 Å². The second-order valence-electron chi connectivity index (χ2n) is 4.85. The Kier molecular flexibility index (Phi) is 5.37. The van der Waals surface area contributed by atoms with Gasteiger partial charge in [-0.25, -0.2) is 0 Å². The molecule has 0 N–H and O–H groups in total. The van der Waals surface area contributed by atoms with Gasteiger partial charge in [-0.2, -0.15) is 12.6 Å². The third kappa shape index (κ3) is 3.64. The summed E-state index contributed by atoms with van der Waals surface area (Å²) in [5.74, 6) is 0.846. The average Bonchev–Trinajstić information content (AvgIpc) is 2.42. The summed E-state index contributed by atoms with van der Waals surface area (Å²) in [6.07, 6.45) is 2.05. The molecule has 18 heavy (non-hydrogen) atoms. The maximum Gasteiger partial charge on any atom is 0.0731 e. The van der Waals surface area contributed by atoms with Crippen LogP contribution >= 0.6 is 24.2 Å². The van der Waals surface area contributed by atoms with Crippen molar-refractivity contribution >= 4 is 24.2 Å². The molecule has 0 aromatic heterocycles. The molecule has 1 aliphatic rings. The molecule has 0 bridgehead atoms. The molecule has 100 valence electrons. The molecular weight excluding hydrogens is 268 g/mol. The van der Waals surface area contributed by atoms with Crippen LogP contribution in [-0.2, 0) is 16.1 Å². The monoisotopic (exact) mass is 286 g/mol. The SMILES string of the molecule is SCC1(COCc2ccccc2Cl)CCOCC1. The zero-order valence-electron chi connectivity index (χ0n) is 10.4. The zero-order valence-corrected chi connectivity index (χ0v) is 12.1. The quantitative estimate of drug-likeness (QED) is 0.834. The van der Waals surface area contributed by atoms with Crippen LogP contribution < -0.4 is 0 Å². The smallest absolute Gasteiger partial charge is 0.0731 e. The van der Waals surface area contributed by atoms with Crippen LogP contribution in [-0.4, -0.2) is 25.6 Å². The van der Waals surface area contributed by atoms with Gasteiger partial charge in [0.15, 0.2) is 0 Å². The normalized spacial score (nSPS) is 18.8. The molecular formula is C14H19ClO2S. The van der Waals surface area contributed by atoms with Crippen LogP contribution in [0.15, 0.2) is 24.3 Å². The van der Waals surface area contributed by atoms with Crippen LogP contribution in [0.25, 0.3) is 0 Å². The molecule has 0 aliphatic carbocycles. The van der Waals surface area contributed by atoms with Crippen molar-refractivity contribution in [2.45, 2.75) is 19.4 Å². The fourth-order valence-electron chi connectivity index (χ4n) is 2.15. The van der Waals surface area contributed by atoms with E-state index < -0.39 is 0 Å². The molecule has 2 rings (SSSR count). The van der Waals surface area contributed by atoms with Crippen LogP contribution in [0, 0.1) is 5.41 Å². The van der Waals surface area contributed by atoms with E-state index in [2.05, 4.69) is 12.6 Å². The Morgan fingerprint density at radius 3 is 2.67 bits per heavy atom. The zero-order chi connectivity index (χ0) is 12.8. The molecule has 0 spiro atoms. The van der Waals surface area contributed by atoms with Gasteiger partial charge in [-0.15, -0.1) is 0 Å². The molecule has 1 heterocycles. The first-order chi connectivity index (χ1) is 8.76. The number of halogens is 1. The molecule has 4 heteroatoms. The van der Waals surface area contributed by atoms with E-state index in [0.717, 1.165) is 49.0 Å². The van der Waals surface area contributed by atoms with Crippen molar-refractivity contribution in [2.24, 2.45) is 5.41 Å². The summed E-state index contributed by atoms with van der Waals surface area (Å²) >= 11 is 10.6. The number of rotatable bonds is 5. The summed E-state index contributed by atoms with van der Waals surface area (Å²) < 4.78 is 11.2. The van der Waals surface area contributed by atoms with Gasteiger partial charge in [0.25, 0.3) is 0 Å². The van der Waals surface area contributed by atoms with E-state index in [4.69, 9.17) is 21.1 Å². The predicted molar refractivity (Wildman–Crippen MR) is 77.4 cm³/mol. The Hall–Kier alpha value is -0.220. The van der Waals surface area contributed by atoms with Gasteiger partial charge in [-0.1, -0.05) is 29.8 Å². The Bertz CT molecular complexity index is 378. The van der Waals surface area contributed by atoms with Crippen LogP contribution in [0.1, 0.15) is 18.4 Å². The van der Waals surface area contributed by atoms with Crippen molar-refractivity contribution in [1.82, 2.24) is 0 Å². The van der Waals surface area contributed by atoms with Crippen molar-refractivity contribution in [3.8, 4) is 0 Å². The summed E-state index contributed by atoms with van der Waals surface area (Å²) in [7, 11) is 0. The molecule has 0 atom stereocenters. The van der Waals surface area contributed by atoms with E-state index in [1.54, 1.807) is 0 Å². The summed E-state index contributed by atoms with van der Waals surface area (Å²) in [6, 6.07) is 7.80. The largest absolute Gasteiger partial charge is 0.381 e. The van der Waals surface area contributed by atoms with E-state index in [9.17, 15) is 0 Å². The molecule has 1 aromatic rings. The maximum atomic E-state index is 6.10. The molecule has 0 unspecified atom stereocenters. The lowest BCUT2D eigenvalue weighted by atomic mass is 9.83. The first-order valence-corrected chi connectivity index (χ1v) is 7.27. The van der Waals surface area contributed by atoms with Crippen molar-refractivity contribution in [1.29, 1.82) is 0 Å². The Balaban J connectivity index is 1.85. The van der Waals surface area contributed by atoms with Crippen molar-refractivity contribution < 1.29 is 9.47 Å². The molecule has 0 radical (unpaired) electrons. The molecule has 1 saturated heterocycles. The second-order valence-corrected chi connectivity index (χ2v) is 5.58. The van der Waals surface area contributed by atoms with Gasteiger partial charge in [-0.3, -0.25) is 0 Å². The van der Waals surface area contributed by atoms with Gasteiger partial charge in [0.2, 0.25) is 0 Å². The van der Waals surface area contributed by atoms with Crippen LogP contribution in [0.5, 0.6) is 0 Å². The van der Waals surface area contributed by atoms with E-state index in [1.165, 1.54) is 0 Å². The van der Waals surface area contributed by atoms with Crippen molar-refractivity contribution in [3.05, 3.63) is 34.9 Å². The van der Waals surface area contributed by atoms with E-state index >= 15 is 0 Å². The van der Waals surface area contributed by atoms with Gasteiger partial charge in [-0.05, 0) is 30.2 Å². The van der Waals surface area contributed by atoms with Crippen LogP contribution in [0.2, 0.25) is 5.02 Å². The molecule has 2 nitrogen and oxygen atoms in total. The topological polar surface area (TPSA) is 18.5 Å². The lowest BCUT2D eigenvalue weighted by Gasteiger charge is -2.35. The highest BCUT2D eigenvalue weighted by Crippen LogP contribution is 2.32. The van der Waals surface area contributed by atoms with Crippen molar-refractivity contribution in [2.75, 3.05) is 25.6 Å². The predicted octanol–water partition coefficient (Wildman–Crippen LogP) is 3.58. The highest BCUT2D eigenvalue weighted by Gasteiger charge is 2.31. The maximum absolute atomic E-state index is 6.10. The molecule has 1 aromatic carbocycles. The molecule has 1 aliphatic heterocycles.